The van der Waals surface area contributed by atoms with Crippen LogP contribution >= 0.6 is 0 Å². The average molecular weight is 272 g/mol. The molecule has 0 saturated heterocycles. The Morgan fingerprint density at radius 1 is 1.45 bits per heavy atom. The van der Waals surface area contributed by atoms with Crippen LogP contribution in [-0.4, -0.2) is 22.6 Å². The molecule has 1 aliphatic heterocycles. The number of nitrogens with one attached hydrogen (secondary N) is 2. The van der Waals surface area contributed by atoms with Gasteiger partial charge in [0.1, 0.15) is 0 Å². The van der Waals surface area contributed by atoms with Crippen molar-refractivity contribution in [1.29, 1.82) is 0 Å². The first-order valence-corrected chi connectivity index (χ1v) is 6.73. The molecule has 0 spiro atoms. The Bertz CT molecular complexity index is 636. The van der Waals surface area contributed by atoms with Gasteiger partial charge in [-0.2, -0.15) is 4.98 Å². The number of carbonyl (C=O) groups excluding carboxylic acids is 1. The molecule has 3 rings (SSSR count). The summed E-state index contributed by atoms with van der Waals surface area (Å²) in [5, 5.41) is 10.0. The summed E-state index contributed by atoms with van der Waals surface area (Å²) in [6.07, 6.45) is 1.56. The Hall–Kier alpha value is -2.37. The number of benzene rings is 1. The van der Waals surface area contributed by atoms with Crippen LogP contribution in [0.5, 0.6) is 0 Å². The maximum Gasteiger partial charge on any atom is 0.251 e. The molecule has 0 saturated carbocycles. The fourth-order valence-electron chi connectivity index (χ4n) is 2.31. The molecule has 2 N–H and O–H groups in total. The van der Waals surface area contributed by atoms with E-state index >= 15 is 0 Å². The third-order valence-electron chi connectivity index (χ3n) is 3.33. The molecule has 0 fully saturated rings. The number of aromatic nitrogens is 2. The van der Waals surface area contributed by atoms with E-state index in [4.69, 9.17) is 4.52 Å². The van der Waals surface area contributed by atoms with Gasteiger partial charge < -0.3 is 15.2 Å². The minimum atomic E-state index is -0.0114. The molecule has 0 atom stereocenters. The molecular formula is C14H16N4O2. The van der Waals surface area contributed by atoms with Crippen molar-refractivity contribution in [2.24, 2.45) is 0 Å². The molecule has 2 heterocycles. The Morgan fingerprint density at radius 2 is 2.35 bits per heavy atom. The molecule has 1 aromatic carbocycles. The highest BCUT2D eigenvalue weighted by atomic mass is 16.5. The lowest BCUT2D eigenvalue weighted by molar-refractivity contribution is 0.0946. The van der Waals surface area contributed by atoms with Gasteiger partial charge in [-0.05, 0) is 24.1 Å². The Labute approximate surface area is 116 Å². The van der Waals surface area contributed by atoms with Gasteiger partial charge in [0, 0.05) is 24.2 Å². The largest absolute Gasteiger partial charge is 0.377 e. The molecule has 0 aliphatic carbocycles. The molecule has 6 heteroatoms. The molecule has 1 aliphatic rings. The Balaban J connectivity index is 1.77. The standard InChI is InChI=1S/C14H16N4O2/c1-2-13-17-12(18-20-13)8-16-11-5-3-4-10-9(11)6-7-15-14(10)19/h3-5,16H,2,6-8H2,1H3,(H,15,19). The molecule has 0 radical (unpaired) electrons. The maximum atomic E-state index is 11.8. The summed E-state index contributed by atoms with van der Waals surface area (Å²) in [4.78, 5) is 16.0. The van der Waals surface area contributed by atoms with Crippen LogP contribution in [0.1, 0.15) is 34.6 Å². The lowest BCUT2D eigenvalue weighted by atomic mass is 9.98. The average Bonchev–Trinajstić information content (AvgIpc) is 2.94. The number of nitrogens with zero attached hydrogens (tertiary/aromatic N) is 2. The Morgan fingerprint density at radius 3 is 3.15 bits per heavy atom. The van der Waals surface area contributed by atoms with E-state index in [0.29, 0.717) is 24.8 Å². The van der Waals surface area contributed by atoms with Gasteiger partial charge in [-0.3, -0.25) is 4.79 Å². The van der Waals surface area contributed by atoms with Crippen molar-refractivity contribution in [3.05, 3.63) is 41.0 Å². The monoisotopic (exact) mass is 272 g/mol. The third kappa shape index (κ3) is 2.36. The third-order valence-corrected chi connectivity index (χ3v) is 3.33. The molecule has 1 amide bonds. The summed E-state index contributed by atoms with van der Waals surface area (Å²) >= 11 is 0. The topological polar surface area (TPSA) is 80.0 Å². The highest BCUT2D eigenvalue weighted by molar-refractivity contribution is 5.98. The minimum absolute atomic E-state index is 0.0114. The van der Waals surface area contributed by atoms with Gasteiger partial charge in [0.25, 0.3) is 5.91 Å². The van der Waals surface area contributed by atoms with Crippen molar-refractivity contribution in [3.63, 3.8) is 0 Å². The fourth-order valence-corrected chi connectivity index (χ4v) is 2.31. The molecule has 0 unspecified atom stereocenters. The van der Waals surface area contributed by atoms with Crippen LogP contribution in [0, 0.1) is 0 Å². The van der Waals surface area contributed by atoms with Gasteiger partial charge in [0.2, 0.25) is 5.89 Å². The zero-order chi connectivity index (χ0) is 13.9. The van der Waals surface area contributed by atoms with Gasteiger partial charge in [0.05, 0.1) is 6.54 Å². The number of hydrogen-bond acceptors (Lipinski definition) is 5. The molecule has 104 valence electrons. The first kappa shape index (κ1) is 12.7. The first-order valence-electron chi connectivity index (χ1n) is 6.73. The number of anilines is 1. The molecule has 1 aromatic heterocycles. The lowest BCUT2D eigenvalue weighted by Gasteiger charge is -2.19. The SMILES string of the molecule is CCc1nc(CNc2cccc3c2CCNC3=O)no1. The van der Waals surface area contributed by atoms with Crippen molar-refractivity contribution in [3.8, 4) is 0 Å². The Kier molecular flexibility index (Phi) is 3.37. The number of fused-ring (bicyclic) bond motifs is 1. The zero-order valence-corrected chi connectivity index (χ0v) is 11.3. The zero-order valence-electron chi connectivity index (χ0n) is 11.3. The number of carbonyl (C=O) groups is 1. The molecule has 6 nitrogen and oxygen atoms in total. The molecule has 2 aromatic rings. The summed E-state index contributed by atoms with van der Waals surface area (Å²) in [5.74, 6) is 1.25. The molecule has 20 heavy (non-hydrogen) atoms. The van der Waals surface area contributed by atoms with Gasteiger partial charge in [-0.15, -0.1) is 0 Å². The van der Waals surface area contributed by atoms with Crippen molar-refractivity contribution in [2.45, 2.75) is 26.3 Å². The second kappa shape index (κ2) is 5.32. The van der Waals surface area contributed by atoms with Crippen LogP contribution in [0.15, 0.2) is 22.7 Å². The van der Waals surface area contributed by atoms with Crippen LogP contribution < -0.4 is 10.6 Å². The quantitative estimate of drug-likeness (QED) is 0.882. The van der Waals surface area contributed by atoms with Gasteiger partial charge in [-0.1, -0.05) is 18.1 Å². The number of hydrogen-bond donors (Lipinski definition) is 2. The number of amides is 1. The second-order valence-corrected chi connectivity index (χ2v) is 4.65. The molecule has 0 bridgehead atoms. The summed E-state index contributed by atoms with van der Waals surface area (Å²) in [6, 6.07) is 5.69. The first-order chi connectivity index (χ1) is 9.78. The van der Waals surface area contributed by atoms with Gasteiger partial charge in [-0.25, -0.2) is 0 Å². The highest BCUT2D eigenvalue weighted by Crippen LogP contribution is 2.23. The van der Waals surface area contributed by atoms with E-state index in [2.05, 4.69) is 20.8 Å². The van der Waals surface area contributed by atoms with Gasteiger partial charge >= 0.3 is 0 Å². The highest BCUT2D eigenvalue weighted by Gasteiger charge is 2.19. The van der Waals surface area contributed by atoms with Crippen LogP contribution in [0.25, 0.3) is 0 Å². The second-order valence-electron chi connectivity index (χ2n) is 4.65. The van der Waals surface area contributed by atoms with Crippen molar-refractivity contribution < 1.29 is 9.32 Å². The van der Waals surface area contributed by atoms with Crippen LogP contribution in [0.4, 0.5) is 5.69 Å². The summed E-state index contributed by atoms with van der Waals surface area (Å²) in [5.41, 5.74) is 2.75. The van der Waals surface area contributed by atoms with Crippen molar-refractivity contribution in [2.75, 3.05) is 11.9 Å². The van der Waals surface area contributed by atoms with E-state index in [1.807, 2.05) is 25.1 Å². The summed E-state index contributed by atoms with van der Waals surface area (Å²) in [6.45, 7) is 3.13. The van der Waals surface area contributed by atoms with E-state index in [-0.39, 0.29) is 5.91 Å². The van der Waals surface area contributed by atoms with E-state index in [1.54, 1.807) is 0 Å². The fraction of sp³-hybridized carbons (Fsp3) is 0.357. The lowest BCUT2D eigenvalue weighted by Crippen LogP contribution is -2.32. The number of rotatable bonds is 4. The predicted octanol–water partition coefficient (Wildman–Crippen LogP) is 1.53. The van der Waals surface area contributed by atoms with Gasteiger partial charge in [0.15, 0.2) is 5.82 Å². The van der Waals surface area contributed by atoms with Crippen LogP contribution in [0.2, 0.25) is 0 Å². The van der Waals surface area contributed by atoms with Crippen molar-refractivity contribution in [1.82, 2.24) is 15.5 Å². The van der Waals surface area contributed by atoms with E-state index in [1.165, 1.54) is 0 Å². The van der Waals surface area contributed by atoms with E-state index in [9.17, 15) is 4.79 Å². The van der Waals surface area contributed by atoms with Crippen LogP contribution in [0.3, 0.4) is 0 Å². The maximum absolute atomic E-state index is 11.8. The number of aryl methyl sites for hydroxylation is 1. The van der Waals surface area contributed by atoms with E-state index in [0.717, 1.165) is 29.7 Å². The summed E-state index contributed by atoms with van der Waals surface area (Å²) in [7, 11) is 0. The molecular weight excluding hydrogens is 256 g/mol. The predicted molar refractivity (Wildman–Crippen MR) is 73.5 cm³/mol. The smallest absolute Gasteiger partial charge is 0.251 e. The normalized spacial score (nSPS) is 13.8. The van der Waals surface area contributed by atoms with E-state index < -0.39 is 0 Å². The van der Waals surface area contributed by atoms with Crippen molar-refractivity contribution >= 4 is 11.6 Å². The minimum Gasteiger partial charge on any atom is -0.377 e. The van der Waals surface area contributed by atoms with Crippen LogP contribution in [-0.2, 0) is 19.4 Å². The summed E-state index contributed by atoms with van der Waals surface area (Å²) < 4.78 is 5.07.